The molecule has 0 bridgehead atoms. The molecule has 0 aromatic rings. The van der Waals surface area contributed by atoms with E-state index in [2.05, 4.69) is 11.7 Å². The minimum Gasteiger partial charge on any atom is -0.323 e. The molecule has 0 fully saturated rings. The van der Waals surface area contributed by atoms with Crippen LogP contribution in [0.5, 0.6) is 0 Å². The van der Waals surface area contributed by atoms with Gasteiger partial charge in [-0.1, -0.05) is 18.7 Å². The number of ketones is 1. The van der Waals surface area contributed by atoms with Crippen molar-refractivity contribution >= 4 is 11.5 Å². The number of allylic oxidation sites excluding steroid dienone is 3. The van der Waals surface area contributed by atoms with E-state index in [1.54, 1.807) is 12.2 Å². The average Bonchev–Trinajstić information content (AvgIpc) is 1.89. The first-order chi connectivity index (χ1) is 4.72. The summed E-state index contributed by atoms with van der Waals surface area (Å²) < 4.78 is 0. The fourth-order valence-corrected chi connectivity index (χ4v) is 0.410. The lowest BCUT2D eigenvalue weighted by molar-refractivity contribution is -0.111. The highest BCUT2D eigenvalue weighted by Gasteiger charge is 1.97. The van der Waals surface area contributed by atoms with Gasteiger partial charge in [-0.25, -0.2) is 0 Å². The highest BCUT2D eigenvalue weighted by molar-refractivity contribution is 6.43. The molecule has 2 N–H and O–H groups in total. The average molecular weight is 138 g/mol. The topological polar surface area (TPSA) is 55.4 Å². The van der Waals surface area contributed by atoms with Gasteiger partial charge in [-0.3, -0.25) is 4.79 Å². The van der Waals surface area contributed by atoms with E-state index in [-0.39, 0.29) is 11.5 Å². The molecule has 0 spiro atoms. The van der Waals surface area contributed by atoms with Gasteiger partial charge in [0.15, 0.2) is 5.78 Å². The molecule has 54 valence electrons. The largest absolute Gasteiger partial charge is 0.323 e. The molecule has 0 radical (unpaired) electrons. The van der Waals surface area contributed by atoms with Crippen molar-refractivity contribution < 1.29 is 4.79 Å². The first-order valence-electron chi connectivity index (χ1n) is 2.80. The maximum atomic E-state index is 10.6. The van der Waals surface area contributed by atoms with E-state index in [9.17, 15) is 4.79 Å². The van der Waals surface area contributed by atoms with Crippen LogP contribution in [0.25, 0.3) is 0 Å². The number of hydrogen-bond donors (Lipinski definition) is 1. The van der Waals surface area contributed by atoms with Crippen molar-refractivity contribution in [3.63, 3.8) is 0 Å². The van der Waals surface area contributed by atoms with Gasteiger partial charge in [-0.05, 0) is 6.08 Å². The zero-order valence-corrected chi connectivity index (χ0v) is 5.87. The van der Waals surface area contributed by atoms with E-state index in [1.165, 1.54) is 13.0 Å². The Labute approximate surface area is 59.9 Å². The number of carbonyl (C=O) groups excluding carboxylic acids is 1. The standard InChI is InChI=1S/C7H10N2O/c1-3-4-5-7(9-8)6(2)10/h3-5H,1,8H2,2H3/b5-4-,9-7+. The smallest absolute Gasteiger partial charge is 0.179 e. The van der Waals surface area contributed by atoms with Gasteiger partial charge in [0.25, 0.3) is 0 Å². The van der Waals surface area contributed by atoms with Crippen LogP contribution in [0.1, 0.15) is 6.92 Å². The number of carbonyl (C=O) groups is 1. The normalized spacial score (nSPS) is 11.9. The second kappa shape index (κ2) is 4.49. The highest BCUT2D eigenvalue weighted by atomic mass is 16.1. The Morgan fingerprint density at radius 3 is 2.60 bits per heavy atom. The number of nitrogens with zero attached hydrogens (tertiary/aromatic N) is 1. The molecule has 0 amide bonds. The van der Waals surface area contributed by atoms with Crippen molar-refractivity contribution in [2.24, 2.45) is 10.9 Å². The molecule has 0 aliphatic heterocycles. The Morgan fingerprint density at radius 2 is 2.30 bits per heavy atom. The van der Waals surface area contributed by atoms with Gasteiger partial charge in [-0.2, -0.15) is 5.10 Å². The second-order valence-electron chi connectivity index (χ2n) is 1.67. The van der Waals surface area contributed by atoms with E-state index < -0.39 is 0 Å². The Bertz CT molecular complexity index is 192. The number of Topliss-reactive ketones (excluding diaryl/α,β-unsaturated/α-hetero) is 1. The van der Waals surface area contributed by atoms with Crippen LogP contribution in [0, 0.1) is 0 Å². The molecule has 3 nitrogen and oxygen atoms in total. The lowest BCUT2D eigenvalue weighted by Crippen LogP contribution is -2.08. The number of hydrazone groups is 1. The van der Waals surface area contributed by atoms with Crippen molar-refractivity contribution in [3.05, 3.63) is 24.8 Å². The van der Waals surface area contributed by atoms with Gasteiger partial charge in [-0.15, -0.1) is 0 Å². The second-order valence-corrected chi connectivity index (χ2v) is 1.67. The monoisotopic (exact) mass is 138 g/mol. The number of rotatable bonds is 3. The van der Waals surface area contributed by atoms with Crippen LogP contribution in [0.3, 0.4) is 0 Å². The molecule has 0 aliphatic carbocycles. The lowest BCUT2D eigenvalue weighted by atomic mass is 10.2. The predicted molar refractivity (Wildman–Crippen MR) is 41.6 cm³/mol. The van der Waals surface area contributed by atoms with E-state index in [4.69, 9.17) is 5.84 Å². The molecule has 10 heavy (non-hydrogen) atoms. The Hall–Kier alpha value is -1.38. The van der Waals surface area contributed by atoms with Crippen molar-refractivity contribution in [2.45, 2.75) is 6.92 Å². The third-order valence-electron chi connectivity index (χ3n) is 0.890. The number of hydrogen-bond acceptors (Lipinski definition) is 3. The summed E-state index contributed by atoms with van der Waals surface area (Å²) in [5, 5.41) is 3.26. The summed E-state index contributed by atoms with van der Waals surface area (Å²) in [6.45, 7) is 4.83. The third kappa shape index (κ3) is 2.81. The van der Waals surface area contributed by atoms with Crippen LogP contribution in [0.4, 0.5) is 0 Å². The van der Waals surface area contributed by atoms with Gasteiger partial charge in [0.2, 0.25) is 0 Å². The lowest BCUT2D eigenvalue weighted by Gasteiger charge is -1.88. The summed E-state index contributed by atoms with van der Waals surface area (Å²) in [5.41, 5.74) is 0.250. The first kappa shape index (κ1) is 8.62. The van der Waals surface area contributed by atoms with Crippen molar-refractivity contribution in [2.75, 3.05) is 0 Å². The van der Waals surface area contributed by atoms with Gasteiger partial charge < -0.3 is 5.84 Å². The van der Waals surface area contributed by atoms with E-state index in [0.717, 1.165) is 0 Å². The Morgan fingerprint density at radius 1 is 1.70 bits per heavy atom. The number of nitrogens with two attached hydrogens (primary N) is 1. The molecular formula is C7H10N2O. The van der Waals surface area contributed by atoms with Crippen LogP contribution in [-0.2, 0) is 4.79 Å². The molecule has 3 heteroatoms. The van der Waals surface area contributed by atoms with E-state index in [1.807, 2.05) is 0 Å². The van der Waals surface area contributed by atoms with Crippen molar-refractivity contribution in [1.82, 2.24) is 0 Å². The fourth-order valence-electron chi connectivity index (χ4n) is 0.410. The van der Waals surface area contributed by atoms with E-state index in [0.29, 0.717) is 0 Å². The Kier molecular flexibility index (Phi) is 3.87. The minimum atomic E-state index is -0.152. The van der Waals surface area contributed by atoms with E-state index >= 15 is 0 Å². The summed E-state index contributed by atoms with van der Waals surface area (Å²) in [6.07, 6.45) is 4.66. The predicted octanol–water partition coefficient (Wildman–Crippen LogP) is 0.632. The van der Waals surface area contributed by atoms with Gasteiger partial charge in [0.05, 0.1) is 0 Å². The summed E-state index contributed by atoms with van der Waals surface area (Å²) in [5.74, 6) is 4.74. The molecule has 0 unspecified atom stereocenters. The van der Waals surface area contributed by atoms with Gasteiger partial charge in [0, 0.05) is 6.92 Å². The first-order valence-corrected chi connectivity index (χ1v) is 2.80. The molecule has 0 rings (SSSR count). The maximum absolute atomic E-state index is 10.6. The molecular weight excluding hydrogens is 128 g/mol. The van der Waals surface area contributed by atoms with Crippen LogP contribution < -0.4 is 5.84 Å². The third-order valence-corrected chi connectivity index (χ3v) is 0.890. The van der Waals surface area contributed by atoms with Crippen molar-refractivity contribution in [1.29, 1.82) is 0 Å². The quantitative estimate of drug-likeness (QED) is 0.269. The summed E-state index contributed by atoms with van der Waals surface area (Å²) in [4.78, 5) is 10.6. The molecule has 0 atom stereocenters. The Balaban J connectivity index is 4.25. The van der Waals surface area contributed by atoms with Crippen molar-refractivity contribution in [3.8, 4) is 0 Å². The fraction of sp³-hybridized carbons (Fsp3) is 0.143. The van der Waals surface area contributed by atoms with Crippen LogP contribution in [-0.4, -0.2) is 11.5 Å². The zero-order valence-electron chi connectivity index (χ0n) is 5.87. The van der Waals surface area contributed by atoms with Gasteiger partial charge >= 0.3 is 0 Å². The van der Waals surface area contributed by atoms with Crippen LogP contribution in [0.2, 0.25) is 0 Å². The SMILES string of the molecule is C=C/C=C\C(=N/N)C(C)=O. The molecule has 0 aliphatic rings. The summed E-state index contributed by atoms with van der Waals surface area (Å²) in [7, 11) is 0. The molecule has 0 heterocycles. The summed E-state index contributed by atoms with van der Waals surface area (Å²) in [6, 6.07) is 0. The highest BCUT2D eigenvalue weighted by Crippen LogP contribution is 1.82. The molecule has 0 saturated heterocycles. The van der Waals surface area contributed by atoms with Gasteiger partial charge in [0.1, 0.15) is 5.71 Å². The zero-order chi connectivity index (χ0) is 7.98. The van der Waals surface area contributed by atoms with Crippen LogP contribution >= 0.6 is 0 Å². The molecule has 0 aromatic heterocycles. The maximum Gasteiger partial charge on any atom is 0.179 e. The minimum absolute atomic E-state index is 0.152. The molecule has 0 aromatic carbocycles. The summed E-state index contributed by atoms with van der Waals surface area (Å²) >= 11 is 0. The van der Waals surface area contributed by atoms with Crippen LogP contribution in [0.15, 0.2) is 29.9 Å². The molecule has 0 saturated carbocycles.